The lowest BCUT2D eigenvalue weighted by molar-refractivity contribution is 0.0924. The highest BCUT2D eigenvalue weighted by atomic mass is 35.5. The number of furan rings is 1. The Hall–Kier alpha value is -2.59. The number of aromatic nitrogens is 1. The summed E-state index contributed by atoms with van der Waals surface area (Å²) in [6.45, 7) is 0.420. The number of carbonyl (C=O) groups excluding carboxylic acids is 1. The van der Waals surface area contributed by atoms with Gasteiger partial charge in [0.2, 0.25) is 0 Å². The predicted molar refractivity (Wildman–Crippen MR) is 84.6 cm³/mol. The minimum atomic E-state index is -0.268. The lowest BCUT2D eigenvalue weighted by atomic mass is 10.2. The van der Waals surface area contributed by atoms with Crippen LogP contribution in [0.4, 0.5) is 0 Å². The number of hydrogen-bond acceptors (Lipinski definition) is 3. The SMILES string of the molecule is O=C(NCc1ccncc1)c1ccc(-c2ccccc2Cl)o1. The van der Waals surface area contributed by atoms with Crippen molar-refractivity contribution in [3.63, 3.8) is 0 Å². The highest BCUT2D eigenvalue weighted by Gasteiger charge is 2.13. The number of benzene rings is 1. The van der Waals surface area contributed by atoms with Gasteiger partial charge in [-0.15, -0.1) is 0 Å². The van der Waals surface area contributed by atoms with Crippen LogP contribution in [0.25, 0.3) is 11.3 Å². The zero-order valence-electron chi connectivity index (χ0n) is 11.6. The second kappa shape index (κ2) is 6.45. The molecule has 110 valence electrons. The maximum Gasteiger partial charge on any atom is 0.287 e. The molecule has 3 aromatic rings. The number of nitrogens with zero attached hydrogens (tertiary/aromatic N) is 1. The molecule has 2 aromatic heterocycles. The van der Waals surface area contributed by atoms with Gasteiger partial charge in [-0.25, -0.2) is 0 Å². The summed E-state index contributed by atoms with van der Waals surface area (Å²) in [7, 11) is 0. The third kappa shape index (κ3) is 3.18. The van der Waals surface area contributed by atoms with Gasteiger partial charge in [-0.1, -0.05) is 23.7 Å². The van der Waals surface area contributed by atoms with E-state index in [-0.39, 0.29) is 11.7 Å². The lowest BCUT2D eigenvalue weighted by Crippen LogP contribution is -2.22. The first kappa shape index (κ1) is 14.4. The molecule has 0 unspecified atom stereocenters. The second-order valence-electron chi connectivity index (χ2n) is 4.68. The third-order valence-electron chi connectivity index (χ3n) is 3.17. The van der Waals surface area contributed by atoms with Crippen molar-refractivity contribution in [1.29, 1.82) is 0 Å². The smallest absolute Gasteiger partial charge is 0.287 e. The van der Waals surface area contributed by atoms with E-state index in [0.29, 0.717) is 17.3 Å². The van der Waals surface area contributed by atoms with Crippen LogP contribution in [0.5, 0.6) is 0 Å². The summed E-state index contributed by atoms with van der Waals surface area (Å²) in [6, 6.07) is 14.4. The first-order valence-corrected chi connectivity index (χ1v) is 7.13. The Morgan fingerprint density at radius 1 is 1.09 bits per heavy atom. The van der Waals surface area contributed by atoms with E-state index in [9.17, 15) is 4.79 Å². The Balaban J connectivity index is 1.71. The van der Waals surface area contributed by atoms with Crippen LogP contribution >= 0.6 is 11.6 Å². The summed E-state index contributed by atoms with van der Waals surface area (Å²) in [5.41, 5.74) is 1.73. The van der Waals surface area contributed by atoms with Crippen molar-refractivity contribution < 1.29 is 9.21 Å². The monoisotopic (exact) mass is 312 g/mol. The number of amides is 1. The van der Waals surface area contributed by atoms with Crippen LogP contribution in [-0.2, 0) is 6.54 Å². The molecule has 4 nitrogen and oxygen atoms in total. The van der Waals surface area contributed by atoms with Crippen LogP contribution in [-0.4, -0.2) is 10.9 Å². The van der Waals surface area contributed by atoms with Gasteiger partial charge in [0.15, 0.2) is 5.76 Å². The lowest BCUT2D eigenvalue weighted by Gasteiger charge is -2.03. The quantitative estimate of drug-likeness (QED) is 0.794. The van der Waals surface area contributed by atoms with Crippen LogP contribution in [0.3, 0.4) is 0 Å². The number of nitrogens with one attached hydrogen (secondary N) is 1. The molecule has 3 rings (SSSR count). The van der Waals surface area contributed by atoms with Crippen molar-refractivity contribution in [2.45, 2.75) is 6.54 Å². The van der Waals surface area contributed by atoms with E-state index in [0.717, 1.165) is 11.1 Å². The second-order valence-corrected chi connectivity index (χ2v) is 5.09. The zero-order valence-corrected chi connectivity index (χ0v) is 12.4. The maximum absolute atomic E-state index is 12.1. The van der Waals surface area contributed by atoms with E-state index in [1.807, 2.05) is 30.3 Å². The van der Waals surface area contributed by atoms with E-state index >= 15 is 0 Å². The molecule has 0 saturated heterocycles. The molecule has 0 radical (unpaired) electrons. The van der Waals surface area contributed by atoms with E-state index in [2.05, 4.69) is 10.3 Å². The summed E-state index contributed by atoms with van der Waals surface area (Å²) in [4.78, 5) is 16.0. The molecule has 0 aliphatic carbocycles. The number of carbonyl (C=O) groups is 1. The van der Waals surface area contributed by atoms with E-state index in [4.69, 9.17) is 16.0 Å². The van der Waals surface area contributed by atoms with Crippen molar-refractivity contribution >= 4 is 17.5 Å². The number of halogens is 1. The molecule has 0 bridgehead atoms. The van der Waals surface area contributed by atoms with Gasteiger partial charge in [0.05, 0.1) is 5.02 Å². The standard InChI is InChI=1S/C17H13ClN2O2/c18-14-4-2-1-3-13(14)15-5-6-16(22-15)17(21)20-11-12-7-9-19-10-8-12/h1-10H,11H2,(H,20,21). The van der Waals surface area contributed by atoms with Crippen LogP contribution in [0, 0.1) is 0 Å². The number of hydrogen-bond donors (Lipinski definition) is 1. The van der Waals surface area contributed by atoms with Gasteiger partial charge in [-0.05, 0) is 42.0 Å². The Morgan fingerprint density at radius 2 is 1.86 bits per heavy atom. The first-order chi connectivity index (χ1) is 10.7. The van der Waals surface area contributed by atoms with Gasteiger partial charge in [0, 0.05) is 24.5 Å². The van der Waals surface area contributed by atoms with Crippen molar-refractivity contribution in [3.8, 4) is 11.3 Å². The topological polar surface area (TPSA) is 55.1 Å². The Kier molecular flexibility index (Phi) is 4.21. The largest absolute Gasteiger partial charge is 0.451 e. The van der Waals surface area contributed by atoms with E-state index in [1.54, 1.807) is 30.6 Å². The van der Waals surface area contributed by atoms with Gasteiger partial charge in [-0.2, -0.15) is 0 Å². The molecular weight excluding hydrogens is 300 g/mol. The number of pyridine rings is 1. The third-order valence-corrected chi connectivity index (χ3v) is 3.50. The van der Waals surface area contributed by atoms with Crippen molar-refractivity contribution in [3.05, 3.63) is 77.3 Å². The van der Waals surface area contributed by atoms with Crippen LogP contribution in [0.15, 0.2) is 65.3 Å². The van der Waals surface area contributed by atoms with Gasteiger partial charge >= 0.3 is 0 Å². The zero-order chi connectivity index (χ0) is 15.4. The fourth-order valence-electron chi connectivity index (χ4n) is 2.04. The van der Waals surface area contributed by atoms with Gasteiger partial charge < -0.3 is 9.73 Å². The van der Waals surface area contributed by atoms with Crippen molar-refractivity contribution in [2.75, 3.05) is 0 Å². The van der Waals surface area contributed by atoms with Gasteiger partial charge in [0.1, 0.15) is 5.76 Å². The van der Waals surface area contributed by atoms with Crippen molar-refractivity contribution in [2.24, 2.45) is 0 Å². The highest BCUT2D eigenvalue weighted by Crippen LogP contribution is 2.28. The summed E-state index contributed by atoms with van der Waals surface area (Å²) < 4.78 is 5.59. The molecule has 5 heteroatoms. The normalized spacial score (nSPS) is 10.4. The molecule has 0 aliphatic heterocycles. The average molecular weight is 313 g/mol. The summed E-state index contributed by atoms with van der Waals surface area (Å²) >= 11 is 6.12. The fraction of sp³-hybridized carbons (Fsp3) is 0.0588. The molecule has 2 heterocycles. The molecule has 0 fully saturated rings. The molecular formula is C17H13ClN2O2. The molecule has 0 spiro atoms. The number of rotatable bonds is 4. The minimum Gasteiger partial charge on any atom is -0.451 e. The summed E-state index contributed by atoms with van der Waals surface area (Å²) in [5, 5.41) is 3.39. The molecule has 0 atom stereocenters. The van der Waals surface area contributed by atoms with E-state index < -0.39 is 0 Å². The average Bonchev–Trinajstić information content (AvgIpc) is 3.04. The molecule has 0 saturated carbocycles. The fourth-order valence-corrected chi connectivity index (χ4v) is 2.26. The van der Waals surface area contributed by atoms with Gasteiger partial charge in [-0.3, -0.25) is 9.78 Å². The molecule has 0 aliphatic rings. The van der Waals surface area contributed by atoms with Crippen LogP contribution in [0.1, 0.15) is 16.1 Å². The van der Waals surface area contributed by atoms with Crippen LogP contribution in [0.2, 0.25) is 5.02 Å². The Labute approximate surface area is 132 Å². The minimum absolute atomic E-state index is 0.254. The van der Waals surface area contributed by atoms with Crippen molar-refractivity contribution in [1.82, 2.24) is 10.3 Å². The molecule has 22 heavy (non-hydrogen) atoms. The maximum atomic E-state index is 12.1. The Morgan fingerprint density at radius 3 is 2.64 bits per heavy atom. The Bertz CT molecular complexity index is 784. The van der Waals surface area contributed by atoms with E-state index in [1.165, 1.54) is 0 Å². The van der Waals surface area contributed by atoms with Crippen LogP contribution < -0.4 is 5.32 Å². The highest BCUT2D eigenvalue weighted by molar-refractivity contribution is 6.33. The predicted octanol–water partition coefficient (Wildman–Crippen LogP) is 3.93. The molecule has 1 N–H and O–H groups in total. The van der Waals surface area contributed by atoms with Gasteiger partial charge in [0.25, 0.3) is 5.91 Å². The summed E-state index contributed by atoms with van der Waals surface area (Å²) in [6.07, 6.45) is 3.37. The molecule has 1 aromatic carbocycles. The summed E-state index contributed by atoms with van der Waals surface area (Å²) in [5.74, 6) is 0.554. The molecule has 1 amide bonds. The first-order valence-electron chi connectivity index (χ1n) is 6.76.